The molecule has 2 rings (SSSR count). The molecule has 0 aliphatic carbocycles. The van der Waals surface area contributed by atoms with Crippen molar-refractivity contribution in [1.82, 2.24) is 10.2 Å². The Morgan fingerprint density at radius 2 is 2.47 bits per heavy atom. The summed E-state index contributed by atoms with van der Waals surface area (Å²) in [6, 6.07) is 1.92. The van der Waals surface area contributed by atoms with E-state index in [0.29, 0.717) is 13.1 Å². The lowest BCUT2D eigenvalue weighted by molar-refractivity contribution is -0.132. The first-order chi connectivity index (χ1) is 7.33. The van der Waals surface area contributed by atoms with E-state index in [0.717, 1.165) is 25.1 Å². The number of carbonyl (C=O) groups is 1. The predicted octanol–water partition coefficient (Wildman–Crippen LogP) is 0.206. The molecule has 0 saturated carbocycles. The van der Waals surface area contributed by atoms with Crippen molar-refractivity contribution < 1.29 is 4.79 Å². The minimum absolute atomic E-state index is 0.110. The van der Waals surface area contributed by atoms with Crippen molar-refractivity contribution in [3.05, 3.63) is 0 Å². The summed E-state index contributed by atoms with van der Waals surface area (Å²) in [6.07, 6.45) is 2.11. The average molecular weight is 225 g/mol. The number of hydrogen-bond acceptors (Lipinski definition) is 4. The molecule has 1 N–H and O–H groups in total. The maximum Gasteiger partial charge on any atom is 0.236 e. The third-order valence-electron chi connectivity index (χ3n) is 2.88. The number of nitrogens with zero attached hydrogens (tertiary/aromatic N) is 2. The molecule has 0 bridgehead atoms. The van der Waals surface area contributed by atoms with Crippen LogP contribution in [-0.2, 0) is 4.79 Å². The topological polar surface area (TPSA) is 56.1 Å². The van der Waals surface area contributed by atoms with Crippen LogP contribution in [0.2, 0.25) is 0 Å². The minimum Gasteiger partial charge on any atom is -0.323 e. The summed E-state index contributed by atoms with van der Waals surface area (Å²) in [5.41, 5.74) is 0. The van der Waals surface area contributed by atoms with Gasteiger partial charge in [0.25, 0.3) is 0 Å². The zero-order valence-electron chi connectivity index (χ0n) is 8.61. The third kappa shape index (κ3) is 2.27. The lowest BCUT2D eigenvalue weighted by atomic mass is 10.1. The fourth-order valence-electron chi connectivity index (χ4n) is 2.04. The first-order valence-corrected chi connectivity index (χ1v) is 6.40. The van der Waals surface area contributed by atoms with E-state index in [1.165, 1.54) is 0 Å². The molecule has 4 nitrogen and oxygen atoms in total. The van der Waals surface area contributed by atoms with Gasteiger partial charge in [-0.2, -0.15) is 5.26 Å². The van der Waals surface area contributed by atoms with Gasteiger partial charge >= 0.3 is 0 Å². The van der Waals surface area contributed by atoms with Gasteiger partial charge in [-0.05, 0) is 18.6 Å². The molecule has 0 aromatic rings. The highest BCUT2D eigenvalue weighted by molar-refractivity contribution is 8.00. The van der Waals surface area contributed by atoms with Crippen LogP contribution in [0.25, 0.3) is 0 Å². The van der Waals surface area contributed by atoms with Crippen LogP contribution in [-0.4, -0.2) is 47.5 Å². The van der Waals surface area contributed by atoms with Crippen LogP contribution in [0.15, 0.2) is 0 Å². The predicted molar refractivity (Wildman–Crippen MR) is 59.5 cm³/mol. The molecule has 2 heterocycles. The molecule has 15 heavy (non-hydrogen) atoms. The molecule has 2 aliphatic heterocycles. The van der Waals surface area contributed by atoms with E-state index >= 15 is 0 Å². The molecule has 0 spiro atoms. The summed E-state index contributed by atoms with van der Waals surface area (Å²) in [4.78, 5) is 13.8. The molecule has 5 heteroatoms. The fourth-order valence-corrected chi connectivity index (χ4v) is 3.27. The normalized spacial score (nSPS) is 31.3. The van der Waals surface area contributed by atoms with Crippen LogP contribution in [0.5, 0.6) is 0 Å². The van der Waals surface area contributed by atoms with Crippen LogP contribution in [0.4, 0.5) is 0 Å². The maximum absolute atomic E-state index is 12.1. The molecule has 2 atom stereocenters. The Morgan fingerprint density at radius 3 is 3.13 bits per heavy atom. The van der Waals surface area contributed by atoms with Gasteiger partial charge < -0.3 is 10.2 Å². The Morgan fingerprint density at radius 1 is 1.60 bits per heavy atom. The second-order valence-corrected chi connectivity index (χ2v) is 5.19. The number of thioether (sulfide) groups is 1. The van der Waals surface area contributed by atoms with Crippen LogP contribution < -0.4 is 5.32 Å². The minimum atomic E-state index is -0.271. The summed E-state index contributed by atoms with van der Waals surface area (Å²) in [5, 5.41) is 12.2. The molecule has 2 unspecified atom stereocenters. The Labute approximate surface area is 94.0 Å². The molecule has 0 aromatic carbocycles. The monoisotopic (exact) mass is 225 g/mol. The number of amides is 1. The van der Waals surface area contributed by atoms with Crippen LogP contribution >= 0.6 is 11.8 Å². The second kappa shape index (κ2) is 4.86. The van der Waals surface area contributed by atoms with E-state index in [1.807, 2.05) is 0 Å². The molecule has 82 valence electrons. The first-order valence-electron chi connectivity index (χ1n) is 5.35. The highest BCUT2D eigenvalue weighted by Gasteiger charge is 2.33. The van der Waals surface area contributed by atoms with Crippen molar-refractivity contribution in [3.8, 4) is 6.07 Å². The van der Waals surface area contributed by atoms with Gasteiger partial charge in [-0.3, -0.25) is 4.79 Å². The number of carbonyl (C=O) groups excluding carboxylic acids is 1. The number of hydrogen-bond donors (Lipinski definition) is 1. The lowest BCUT2D eigenvalue weighted by Gasteiger charge is -2.33. The van der Waals surface area contributed by atoms with E-state index < -0.39 is 0 Å². The quantitative estimate of drug-likeness (QED) is 0.693. The van der Waals surface area contributed by atoms with E-state index in [2.05, 4.69) is 11.4 Å². The van der Waals surface area contributed by atoms with E-state index in [9.17, 15) is 4.79 Å². The van der Waals surface area contributed by atoms with Gasteiger partial charge in [-0.1, -0.05) is 0 Å². The van der Waals surface area contributed by atoms with Crippen molar-refractivity contribution in [2.45, 2.75) is 24.1 Å². The number of rotatable bonds is 1. The molecule has 2 fully saturated rings. The molecule has 0 radical (unpaired) electrons. The van der Waals surface area contributed by atoms with Crippen molar-refractivity contribution in [3.63, 3.8) is 0 Å². The Hall–Kier alpha value is -0.730. The zero-order valence-corrected chi connectivity index (χ0v) is 9.42. The smallest absolute Gasteiger partial charge is 0.236 e. The van der Waals surface area contributed by atoms with Crippen molar-refractivity contribution in [2.24, 2.45) is 0 Å². The molecular formula is C10H15N3OS. The molecule has 0 aromatic heterocycles. The van der Waals surface area contributed by atoms with E-state index in [-0.39, 0.29) is 17.2 Å². The van der Waals surface area contributed by atoms with Gasteiger partial charge in [0.15, 0.2) is 0 Å². The Kier molecular flexibility index (Phi) is 3.49. The van der Waals surface area contributed by atoms with E-state index in [4.69, 9.17) is 5.26 Å². The van der Waals surface area contributed by atoms with Crippen LogP contribution in [0.3, 0.4) is 0 Å². The zero-order chi connectivity index (χ0) is 10.7. The van der Waals surface area contributed by atoms with Crippen molar-refractivity contribution in [1.29, 1.82) is 5.26 Å². The van der Waals surface area contributed by atoms with Gasteiger partial charge in [-0.15, -0.1) is 11.8 Å². The third-order valence-corrected chi connectivity index (χ3v) is 4.24. The van der Waals surface area contributed by atoms with Crippen molar-refractivity contribution in [2.75, 3.05) is 25.4 Å². The summed E-state index contributed by atoms with van der Waals surface area (Å²) >= 11 is 1.74. The summed E-state index contributed by atoms with van der Waals surface area (Å²) in [6.45, 7) is 2.09. The van der Waals surface area contributed by atoms with E-state index in [1.54, 1.807) is 16.7 Å². The van der Waals surface area contributed by atoms with Crippen LogP contribution in [0, 0.1) is 11.3 Å². The molecule has 1 amide bonds. The molecule has 2 saturated heterocycles. The number of piperazine rings is 1. The average Bonchev–Trinajstić information content (AvgIpc) is 2.81. The van der Waals surface area contributed by atoms with Gasteiger partial charge in [0.1, 0.15) is 6.04 Å². The van der Waals surface area contributed by atoms with Gasteiger partial charge in [-0.25, -0.2) is 0 Å². The lowest BCUT2D eigenvalue weighted by Crippen LogP contribution is -2.54. The summed E-state index contributed by atoms with van der Waals surface area (Å²) in [5.74, 6) is 1.25. The second-order valence-electron chi connectivity index (χ2n) is 3.88. The van der Waals surface area contributed by atoms with Gasteiger partial charge in [0.05, 0.1) is 11.3 Å². The fraction of sp³-hybridized carbons (Fsp3) is 0.800. The molecule has 2 aliphatic rings. The highest BCUT2D eigenvalue weighted by atomic mass is 32.2. The summed E-state index contributed by atoms with van der Waals surface area (Å²) in [7, 11) is 0. The standard InChI is InChI=1S/C10H15N3OS/c11-6-8-7-12-3-4-13(8)10(14)9-2-1-5-15-9/h8-9,12H,1-5,7H2. The molecular weight excluding hydrogens is 210 g/mol. The van der Waals surface area contributed by atoms with Crippen molar-refractivity contribution >= 4 is 17.7 Å². The summed E-state index contributed by atoms with van der Waals surface area (Å²) < 4.78 is 0. The van der Waals surface area contributed by atoms with Gasteiger partial charge in [0, 0.05) is 19.6 Å². The first kappa shape index (κ1) is 10.8. The highest BCUT2D eigenvalue weighted by Crippen LogP contribution is 2.28. The largest absolute Gasteiger partial charge is 0.323 e. The number of nitriles is 1. The number of nitrogens with one attached hydrogen (secondary N) is 1. The Balaban J connectivity index is 2.00. The SMILES string of the molecule is N#CC1CNCCN1C(=O)C1CCCS1. The van der Waals surface area contributed by atoms with Crippen LogP contribution in [0.1, 0.15) is 12.8 Å². The van der Waals surface area contributed by atoms with Gasteiger partial charge in [0.2, 0.25) is 5.91 Å². The Bertz CT molecular complexity index is 283. The maximum atomic E-state index is 12.1.